The van der Waals surface area contributed by atoms with Crippen LogP contribution in [-0.4, -0.2) is 15.6 Å². The monoisotopic (exact) mass is 283 g/mol. The van der Waals surface area contributed by atoms with E-state index in [2.05, 4.69) is 50.7 Å². The van der Waals surface area contributed by atoms with Crippen molar-refractivity contribution in [2.45, 2.75) is 32.0 Å². The summed E-state index contributed by atoms with van der Waals surface area (Å²) in [5.41, 5.74) is 2.51. The second-order valence-electron chi connectivity index (χ2n) is 5.45. The molecule has 102 valence electrons. The third-order valence-electron chi connectivity index (χ3n) is 3.75. The van der Waals surface area contributed by atoms with E-state index in [1.54, 1.807) is 0 Å². The van der Waals surface area contributed by atoms with Crippen LogP contribution in [0.2, 0.25) is 0 Å². The van der Waals surface area contributed by atoms with Gasteiger partial charge in [-0.3, -0.25) is 0 Å². The molecule has 4 rings (SSSR count). The number of aromatic nitrogens is 2. The van der Waals surface area contributed by atoms with Gasteiger partial charge in [-0.2, -0.15) is 0 Å². The Morgan fingerprint density at radius 1 is 1.30 bits per heavy atom. The molecule has 2 heterocycles. The standard InChI is InChI=1S/C16H17N3S/c1-2-4-16-15(3-1)12(10-20-16)8-19-9-14(18-11-19)7-17-13-5-6-13/h1-4,9-11,13,17H,5-8H2. The molecule has 0 atom stereocenters. The Morgan fingerprint density at radius 2 is 2.20 bits per heavy atom. The second-order valence-corrected chi connectivity index (χ2v) is 6.36. The summed E-state index contributed by atoms with van der Waals surface area (Å²) in [7, 11) is 0. The van der Waals surface area contributed by atoms with Crippen LogP contribution >= 0.6 is 11.3 Å². The lowest BCUT2D eigenvalue weighted by atomic mass is 10.2. The van der Waals surface area contributed by atoms with Crippen molar-refractivity contribution in [3.63, 3.8) is 0 Å². The van der Waals surface area contributed by atoms with Crippen LogP contribution in [0, 0.1) is 0 Å². The van der Waals surface area contributed by atoms with E-state index in [4.69, 9.17) is 0 Å². The summed E-state index contributed by atoms with van der Waals surface area (Å²) >= 11 is 1.82. The van der Waals surface area contributed by atoms with Gasteiger partial charge in [0.05, 0.1) is 12.0 Å². The highest BCUT2D eigenvalue weighted by Gasteiger charge is 2.20. The number of benzene rings is 1. The molecule has 0 amide bonds. The second kappa shape index (κ2) is 5.04. The van der Waals surface area contributed by atoms with E-state index in [0.717, 1.165) is 24.8 Å². The van der Waals surface area contributed by atoms with Gasteiger partial charge < -0.3 is 9.88 Å². The van der Waals surface area contributed by atoms with Crippen molar-refractivity contribution >= 4 is 21.4 Å². The smallest absolute Gasteiger partial charge is 0.0953 e. The van der Waals surface area contributed by atoms with Crippen molar-refractivity contribution in [2.24, 2.45) is 0 Å². The number of nitrogens with one attached hydrogen (secondary N) is 1. The summed E-state index contributed by atoms with van der Waals surface area (Å²) in [5.74, 6) is 0. The molecule has 0 spiro atoms. The molecule has 1 fully saturated rings. The van der Waals surface area contributed by atoms with Crippen LogP contribution < -0.4 is 5.32 Å². The minimum atomic E-state index is 0.737. The van der Waals surface area contributed by atoms with Crippen LogP contribution in [0.1, 0.15) is 24.1 Å². The van der Waals surface area contributed by atoms with Crippen LogP contribution in [0.4, 0.5) is 0 Å². The molecule has 3 nitrogen and oxygen atoms in total. The Bertz CT molecular complexity index is 724. The van der Waals surface area contributed by atoms with E-state index >= 15 is 0 Å². The summed E-state index contributed by atoms with van der Waals surface area (Å²) in [4.78, 5) is 4.48. The van der Waals surface area contributed by atoms with E-state index in [9.17, 15) is 0 Å². The molecule has 0 bridgehead atoms. The zero-order chi connectivity index (χ0) is 13.4. The van der Waals surface area contributed by atoms with Gasteiger partial charge in [0, 0.05) is 30.0 Å². The largest absolute Gasteiger partial charge is 0.333 e. The number of fused-ring (bicyclic) bond motifs is 1. The molecule has 4 heteroatoms. The summed E-state index contributed by atoms with van der Waals surface area (Å²) in [5, 5.41) is 7.12. The molecular weight excluding hydrogens is 266 g/mol. The SMILES string of the molecule is c1ccc2c(Cn3cnc(CNC4CC4)c3)csc2c1. The number of imidazole rings is 1. The van der Waals surface area contributed by atoms with Gasteiger partial charge in [-0.05, 0) is 35.2 Å². The lowest BCUT2D eigenvalue weighted by molar-refractivity contribution is 0.676. The van der Waals surface area contributed by atoms with E-state index in [1.807, 2.05) is 17.7 Å². The molecule has 2 aromatic heterocycles. The fraction of sp³-hybridized carbons (Fsp3) is 0.312. The number of thiophene rings is 1. The maximum atomic E-state index is 4.48. The summed E-state index contributed by atoms with van der Waals surface area (Å²) in [6.07, 6.45) is 6.74. The van der Waals surface area contributed by atoms with E-state index in [-0.39, 0.29) is 0 Å². The topological polar surface area (TPSA) is 29.9 Å². The molecule has 0 aliphatic heterocycles. The van der Waals surface area contributed by atoms with Crippen molar-refractivity contribution < 1.29 is 0 Å². The van der Waals surface area contributed by atoms with E-state index in [0.29, 0.717) is 0 Å². The third kappa shape index (κ3) is 2.49. The van der Waals surface area contributed by atoms with Gasteiger partial charge in [-0.15, -0.1) is 11.3 Å². The molecule has 1 aliphatic carbocycles. The Balaban J connectivity index is 1.50. The summed E-state index contributed by atoms with van der Waals surface area (Å²) in [6, 6.07) is 9.33. The minimum absolute atomic E-state index is 0.737. The first-order valence-electron chi connectivity index (χ1n) is 7.07. The normalized spacial score (nSPS) is 15.0. The first-order chi connectivity index (χ1) is 9.88. The predicted molar refractivity (Wildman–Crippen MR) is 83.0 cm³/mol. The molecule has 1 N–H and O–H groups in total. The zero-order valence-corrected chi connectivity index (χ0v) is 12.1. The maximum Gasteiger partial charge on any atom is 0.0953 e. The van der Waals surface area contributed by atoms with Gasteiger partial charge in [-0.1, -0.05) is 18.2 Å². The van der Waals surface area contributed by atoms with Crippen molar-refractivity contribution in [1.82, 2.24) is 14.9 Å². The summed E-state index contributed by atoms with van der Waals surface area (Å²) < 4.78 is 3.54. The predicted octanol–water partition coefficient (Wildman–Crippen LogP) is 3.40. The molecule has 0 saturated heterocycles. The van der Waals surface area contributed by atoms with Crippen LogP contribution in [0.25, 0.3) is 10.1 Å². The number of hydrogen-bond acceptors (Lipinski definition) is 3. The Kier molecular flexibility index (Phi) is 3.05. The Morgan fingerprint density at radius 3 is 3.10 bits per heavy atom. The lowest BCUT2D eigenvalue weighted by Gasteiger charge is -2.01. The van der Waals surface area contributed by atoms with Crippen molar-refractivity contribution in [3.8, 4) is 0 Å². The van der Waals surface area contributed by atoms with E-state index < -0.39 is 0 Å². The number of hydrogen-bond donors (Lipinski definition) is 1. The van der Waals surface area contributed by atoms with Crippen molar-refractivity contribution in [1.29, 1.82) is 0 Å². The van der Waals surface area contributed by atoms with Gasteiger partial charge in [0.25, 0.3) is 0 Å². The highest BCUT2D eigenvalue weighted by Crippen LogP contribution is 2.26. The van der Waals surface area contributed by atoms with Crippen LogP contribution in [0.3, 0.4) is 0 Å². The molecule has 0 unspecified atom stereocenters. The van der Waals surface area contributed by atoms with Crippen LogP contribution in [0.15, 0.2) is 42.2 Å². The highest BCUT2D eigenvalue weighted by atomic mass is 32.1. The van der Waals surface area contributed by atoms with Crippen molar-refractivity contribution in [2.75, 3.05) is 0 Å². The van der Waals surface area contributed by atoms with E-state index in [1.165, 1.54) is 28.5 Å². The molecule has 1 aliphatic rings. The first kappa shape index (κ1) is 12.1. The van der Waals surface area contributed by atoms with Gasteiger partial charge in [0.1, 0.15) is 0 Å². The van der Waals surface area contributed by atoms with Crippen LogP contribution in [-0.2, 0) is 13.1 Å². The van der Waals surface area contributed by atoms with Gasteiger partial charge >= 0.3 is 0 Å². The van der Waals surface area contributed by atoms with Gasteiger partial charge in [0.2, 0.25) is 0 Å². The van der Waals surface area contributed by atoms with Crippen molar-refractivity contribution in [3.05, 3.63) is 53.4 Å². The average Bonchev–Trinajstić information content (AvgIpc) is 3.06. The van der Waals surface area contributed by atoms with Crippen LogP contribution in [0.5, 0.6) is 0 Å². The summed E-state index contributed by atoms with van der Waals surface area (Å²) in [6.45, 7) is 1.79. The van der Waals surface area contributed by atoms with Gasteiger partial charge in [-0.25, -0.2) is 4.98 Å². The van der Waals surface area contributed by atoms with Gasteiger partial charge in [0.15, 0.2) is 0 Å². The average molecular weight is 283 g/mol. The number of nitrogens with zero attached hydrogens (tertiary/aromatic N) is 2. The number of rotatable bonds is 5. The molecule has 20 heavy (non-hydrogen) atoms. The Labute approximate surface area is 122 Å². The molecular formula is C16H17N3S. The lowest BCUT2D eigenvalue weighted by Crippen LogP contribution is -2.15. The minimum Gasteiger partial charge on any atom is -0.333 e. The Hall–Kier alpha value is -1.65. The molecule has 3 aromatic rings. The molecule has 1 aromatic carbocycles. The quantitative estimate of drug-likeness (QED) is 0.778. The fourth-order valence-electron chi connectivity index (χ4n) is 2.47. The first-order valence-corrected chi connectivity index (χ1v) is 7.95. The molecule has 0 radical (unpaired) electrons. The highest BCUT2D eigenvalue weighted by molar-refractivity contribution is 7.17. The zero-order valence-electron chi connectivity index (χ0n) is 11.2. The molecule has 1 saturated carbocycles. The maximum absolute atomic E-state index is 4.48. The fourth-order valence-corrected chi connectivity index (χ4v) is 3.43. The third-order valence-corrected chi connectivity index (χ3v) is 4.76.